The van der Waals surface area contributed by atoms with Crippen LogP contribution in [0.25, 0.3) is 33.9 Å². The number of ether oxygens (including phenoxy) is 1. The van der Waals surface area contributed by atoms with Crippen molar-refractivity contribution in [3.05, 3.63) is 84.9 Å². The van der Waals surface area contributed by atoms with E-state index in [1.165, 1.54) is 0 Å². The molecule has 4 heteroatoms. The number of aromatic nitrogens is 2. The minimum Gasteiger partial charge on any atom is -0.492 e. The molecule has 0 bridgehead atoms. The van der Waals surface area contributed by atoms with Crippen LogP contribution in [0.5, 0.6) is 5.75 Å². The van der Waals surface area contributed by atoms with Crippen molar-refractivity contribution in [2.75, 3.05) is 13.2 Å². The highest BCUT2D eigenvalue weighted by molar-refractivity contribution is 5.82. The van der Waals surface area contributed by atoms with Gasteiger partial charge >= 0.3 is 0 Å². The van der Waals surface area contributed by atoms with Crippen LogP contribution < -0.4 is 10.5 Å². The number of imidazole rings is 1. The van der Waals surface area contributed by atoms with Crippen molar-refractivity contribution in [2.24, 2.45) is 5.73 Å². The van der Waals surface area contributed by atoms with Crippen LogP contribution >= 0.6 is 0 Å². The lowest BCUT2D eigenvalue weighted by atomic mass is 10.1. The van der Waals surface area contributed by atoms with Gasteiger partial charge in [0.2, 0.25) is 0 Å². The third-order valence-corrected chi connectivity index (χ3v) is 4.33. The van der Waals surface area contributed by atoms with E-state index in [-0.39, 0.29) is 0 Å². The highest BCUT2D eigenvalue weighted by atomic mass is 16.5. The summed E-state index contributed by atoms with van der Waals surface area (Å²) < 4.78 is 5.82. The average molecular weight is 355 g/mol. The number of H-pyrrole nitrogens is 1. The van der Waals surface area contributed by atoms with Crippen LogP contribution in [0.1, 0.15) is 0 Å². The highest BCUT2D eigenvalue weighted by Crippen LogP contribution is 2.35. The average Bonchev–Trinajstić information content (AvgIpc) is 3.19. The lowest BCUT2D eigenvalue weighted by molar-refractivity contribution is 0.329. The minimum atomic E-state index is 0.467. The molecule has 1 heterocycles. The number of nitrogens with two attached hydrogens (primary N) is 1. The number of hydrogen-bond donors (Lipinski definition) is 2. The van der Waals surface area contributed by atoms with Gasteiger partial charge in [0.05, 0.1) is 17.0 Å². The smallest absolute Gasteiger partial charge is 0.142 e. The number of aromatic amines is 1. The Balaban J connectivity index is 1.86. The van der Waals surface area contributed by atoms with Crippen molar-refractivity contribution in [1.82, 2.24) is 9.97 Å². The maximum absolute atomic E-state index is 5.82. The van der Waals surface area contributed by atoms with E-state index in [4.69, 9.17) is 15.5 Å². The van der Waals surface area contributed by atoms with Crippen LogP contribution in [0.3, 0.4) is 0 Å². The van der Waals surface area contributed by atoms with Crippen LogP contribution in [0.2, 0.25) is 0 Å². The molecule has 0 fully saturated rings. The quantitative estimate of drug-likeness (QED) is 0.525. The number of rotatable bonds is 6. The van der Waals surface area contributed by atoms with Gasteiger partial charge in [0.15, 0.2) is 0 Å². The Labute approximate surface area is 158 Å². The second kappa shape index (κ2) is 7.89. The number of benzene rings is 3. The third kappa shape index (κ3) is 3.61. The molecule has 0 amide bonds. The lowest BCUT2D eigenvalue weighted by Gasteiger charge is -2.08. The molecule has 0 aliphatic carbocycles. The van der Waals surface area contributed by atoms with Crippen LogP contribution in [0.4, 0.5) is 0 Å². The zero-order valence-electron chi connectivity index (χ0n) is 14.9. The molecule has 0 spiro atoms. The van der Waals surface area contributed by atoms with Gasteiger partial charge in [-0.15, -0.1) is 0 Å². The number of nitrogens with one attached hydrogen (secondary N) is 1. The van der Waals surface area contributed by atoms with Gasteiger partial charge in [-0.05, 0) is 12.1 Å². The first kappa shape index (κ1) is 17.1. The standard InChI is InChI=1S/C23H21N3O/c24-15-16-27-20-14-8-7-13-19(20)23-25-21(17-9-3-1-4-10-17)22(26-23)18-11-5-2-6-12-18/h1-14H,15-16,24H2,(H,25,26). The van der Waals surface area contributed by atoms with Crippen molar-refractivity contribution in [3.8, 4) is 39.7 Å². The van der Waals surface area contributed by atoms with Gasteiger partial charge in [-0.1, -0.05) is 72.8 Å². The molecule has 0 saturated carbocycles. The summed E-state index contributed by atoms with van der Waals surface area (Å²) in [4.78, 5) is 8.44. The highest BCUT2D eigenvalue weighted by Gasteiger charge is 2.17. The number of hydrogen-bond acceptors (Lipinski definition) is 3. The predicted octanol–water partition coefficient (Wildman–Crippen LogP) is 4.75. The fourth-order valence-electron chi connectivity index (χ4n) is 3.08. The molecule has 0 radical (unpaired) electrons. The van der Waals surface area contributed by atoms with E-state index in [1.807, 2.05) is 60.7 Å². The molecule has 0 atom stereocenters. The van der Waals surface area contributed by atoms with Crippen molar-refractivity contribution >= 4 is 0 Å². The molecule has 3 aromatic carbocycles. The molecule has 134 valence electrons. The zero-order valence-corrected chi connectivity index (χ0v) is 14.9. The summed E-state index contributed by atoms with van der Waals surface area (Å²) in [6, 6.07) is 28.3. The summed E-state index contributed by atoms with van der Waals surface area (Å²) >= 11 is 0. The van der Waals surface area contributed by atoms with E-state index < -0.39 is 0 Å². The predicted molar refractivity (Wildman–Crippen MR) is 109 cm³/mol. The van der Waals surface area contributed by atoms with Crippen LogP contribution in [0, 0.1) is 0 Å². The third-order valence-electron chi connectivity index (χ3n) is 4.33. The van der Waals surface area contributed by atoms with Gasteiger partial charge < -0.3 is 15.5 Å². The molecule has 27 heavy (non-hydrogen) atoms. The van der Waals surface area contributed by atoms with Gasteiger partial charge in [-0.25, -0.2) is 4.98 Å². The number of para-hydroxylation sites is 1. The van der Waals surface area contributed by atoms with E-state index in [9.17, 15) is 0 Å². The molecular formula is C23H21N3O. The molecule has 0 unspecified atom stereocenters. The van der Waals surface area contributed by atoms with Gasteiger partial charge in [0, 0.05) is 17.7 Å². The maximum atomic E-state index is 5.82. The molecule has 1 aromatic heterocycles. The first-order valence-corrected chi connectivity index (χ1v) is 9.00. The molecule has 4 nitrogen and oxygen atoms in total. The Morgan fingerprint density at radius 3 is 2.11 bits per heavy atom. The summed E-state index contributed by atoms with van der Waals surface area (Å²) in [6.45, 7) is 0.936. The second-order valence-corrected chi connectivity index (χ2v) is 6.17. The topological polar surface area (TPSA) is 63.9 Å². The van der Waals surface area contributed by atoms with Crippen molar-refractivity contribution in [1.29, 1.82) is 0 Å². The molecule has 4 aromatic rings. The molecule has 4 rings (SSSR count). The molecule has 0 saturated heterocycles. The minimum absolute atomic E-state index is 0.467. The summed E-state index contributed by atoms with van der Waals surface area (Å²) in [7, 11) is 0. The molecule has 0 aliphatic heterocycles. The Kier molecular flexibility index (Phi) is 4.99. The van der Waals surface area contributed by atoms with Crippen LogP contribution in [-0.4, -0.2) is 23.1 Å². The molecule has 0 aliphatic rings. The fourth-order valence-corrected chi connectivity index (χ4v) is 3.08. The van der Waals surface area contributed by atoms with Crippen LogP contribution in [-0.2, 0) is 0 Å². The van der Waals surface area contributed by atoms with Crippen molar-refractivity contribution < 1.29 is 4.74 Å². The Hall–Kier alpha value is -3.37. The lowest BCUT2D eigenvalue weighted by Crippen LogP contribution is -2.11. The first-order valence-electron chi connectivity index (χ1n) is 9.00. The second-order valence-electron chi connectivity index (χ2n) is 6.17. The largest absolute Gasteiger partial charge is 0.492 e. The van der Waals surface area contributed by atoms with E-state index in [2.05, 4.69) is 29.2 Å². The summed E-state index contributed by atoms with van der Waals surface area (Å²) in [5, 5.41) is 0. The molecule has 3 N–H and O–H groups in total. The normalized spacial score (nSPS) is 10.7. The summed E-state index contributed by atoms with van der Waals surface area (Å²) in [5.74, 6) is 1.55. The first-order chi connectivity index (χ1) is 13.4. The zero-order chi connectivity index (χ0) is 18.5. The van der Waals surface area contributed by atoms with E-state index in [1.54, 1.807) is 0 Å². The molecular weight excluding hydrogens is 334 g/mol. The van der Waals surface area contributed by atoms with Crippen LogP contribution in [0.15, 0.2) is 84.9 Å². The van der Waals surface area contributed by atoms with Crippen molar-refractivity contribution in [2.45, 2.75) is 0 Å². The monoisotopic (exact) mass is 355 g/mol. The van der Waals surface area contributed by atoms with Gasteiger partial charge in [-0.3, -0.25) is 0 Å². The Morgan fingerprint density at radius 2 is 1.41 bits per heavy atom. The van der Waals surface area contributed by atoms with E-state index in [0.717, 1.165) is 39.7 Å². The number of nitrogens with zero attached hydrogens (tertiary/aromatic N) is 1. The Bertz CT molecular complexity index is 953. The van der Waals surface area contributed by atoms with E-state index >= 15 is 0 Å². The maximum Gasteiger partial charge on any atom is 0.142 e. The summed E-state index contributed by atoms with van der Waals surface area (Å²) in [5.41, 5.74) is 10.6. The van der Waals surface area contributed by atoms with Gasteiger partial charge in [-0.2, -0.15) is 0 Å². The van der Waals surface area contributed by atoms with Gasteiger partial charge in [0.25, 0.3) is 0 Å². The van der Waals surface area contributed by atoms with Crippen molar-refractivity contribution in [3.63, 3.8) is 0 Å². The Morgan fingerprint density at radius 1 is 0.778 bits per heavy atom. The van der Waals surface area contributed by atoms with E-state index in [0.29, 0.717) is 13.2 Å². The van der Waals surface area contributed by atoms with Gasteiger partial charge in [0.1, 0.15) is 18.2 Å². The fraction of sp³-hybridized carbons (Fsp3) is 0.0870. The SMILES string of the molecule is NCCOc1ccccc1-c1nc(-c2ccccc2)c(-c2ccccc2)[nH]1. The summed E-state index contributed by atoms with van der Waals surface area (Å²) in [6.07, 6.45) is 0.